The number of hydrogen-bond acceptors (Lipinski definition) is 9. The number of esters is 1. The number of hydrogen-bond donors (Lipinski definition) is 2. The second-order valence-corrected chi connectivity index (χ2v) is 7.20. The van der Waals surface area contributed by atoms with Crippen LogP contribution in [0.25, 0.3) is 11.0 Å². The number of rotatable bonds is 12. The van der Waals surface area contributed by atoms with E-state index in [0.29, 0.717) is 60.1 Å². The van der Waals surface area contributed by atoms with Gasteiger partial charge in [0, 0.05) is 24.4 Å². The zero-order chi connectivity index (χ0) is 23.6. The normalized spacial score (nSPS) is 11.6. The van der Waals surface area contributed by atoms with Crippen LogP contribution in [0.4, 0.5) is 16.2 Å². The molecule has 0 aliphatic rings. The van der Waals surface area contributed by atoms with Crippen LogP contribution in [0, 0.1) is 0 Å². The number of nitrogens with one attached hydrogen (secondary N) is 2. The number of unbranched alkanes of at least 4 members (excludes halogenated alkanes) is 1. The monoisotopic (exact) mass is 457 g/mol. The number of carbonyl (C=O) groups excluding carboxylic acids is 1. The van der Waals surface area contributed by atoms with Crippen LogP contribution in [-0.4, -0.2) is 55.0 Å². The molecule has 33 heavy (non-hydrogen) atoms. The molecule has 0 aliphatic carbocycles. The molecule has 0 aliphatic heterocycles. The van der Waals surface area contributed by atoms with E-state index in [1.54, 1.807) is 32.5 Å². The van der Waals surface area contributed by atoms with Crippen molar-refractivity contribution in [2.45, 2.75) is 31.8 Å². The molecule has 0 amide bonds. The molecule has 176 valence electrons. The predicted molar refractivity (Wildman–Crippen MR) is 123 cm³/mol. The third kappa shape index (κ3) is 6.18. The van der Waals surface area contributed by atoms with Gasteiger partial charge in [0.25, 0.3) is 0 Å². The summed E-state index contributed by atoms with van der Waals surface area (Å²) in [5.41, 5.74) is 2.01. The van der Waals surface area contributed by atoms with Gasteiger partial charge < -0.3 is 24.8 Å². The maximum absolute atomic E-state index is 12.5. The Labute approximate surface area is 191 Å². The average molecular weight is 458 g/mol. The Kier molecular flexibility index (Phi) is 8.56. The van der Waals surface area contributed by atoms with Gasteiger partial charge in [-0.1, -0.05) is 0 Å². The predicted octanol–water partition coefficient (Wildman–Crippen LogP) is 3.75. The first-order chi connectivity index (χ1) is 16.1. The van der Waals surface area contributed by atoms with Crippen molar-refractivity contribution < 1.29 is 23.4 Å². The maximum atomic E-state index is 12.5. The molecule has 2 heterocycles. The fourth-order valence-electron chi connectivity index (χ4n) is 3.32. The molecule has 2 N–H and O–H groups in total. The van der Waals surface area contributed by atoms with E-state index in [1.165, 1.54) is 7.11 Å². The van der Waals surface area contributed by atoms with E-state index in [9.17, 15) is 9.18 Å². The second kappa shape index (κ2) is 11.8. The number of anilines is 2. The molecular formula is C23H28FN5O4. The van der Waals surface area contributed by atoms with E-state index in [1.807, 2.05) is 18.2 Å². The Bertz CT molecular complexity index is 1080. The van der Waals surface area contributed by atoms with Gasteiger partial charge in [0.1, 0.15) is 23.1 Å². The number of nitrogens with zero attached hydrogens (tertiary/aromatic N) is 3. The zero-order valence-corrected chi connectivity index (χ0v) is 18.9. The minimum absolute atomic E-state index is 0.350. The number of alkyl halides is 1. The lowest BCUT2D eigenvalue weighted by atomic mass is 10.1. The molecule has 0 bridgehead atoms. The molecule has 1 atom stereocenters. The Morgan fingerprint density at radius 1 is 1.12 bits per heavy atom. The largest absolute Gasteiger partial charge is 0.497 e. The van der Waals surface area contributed by atoms with E-state index in [-0.39, 0.29) is 0 Å². The van der Waals surface area contributed by atoms with Crippen LogP contribution in [0.1, 0.15) is 24.8 Å². The van der Waals surface area contributed by atoms with E-state index < -0.39 is 18.7 Å². The summed E-state index contributed by atoms with van der Waals surface area (Å²) >= 11 is 0. The molecule has 10 heteroatoms. The van der Waals surface area contributed by atoms with Crippen molar-refractivity contribution in [2.75, 3.05) is 38.6 Å². The molecule has 3 rings (SSSR count). The van der Waals surface area contributed by atoms with Crippen molar-refractivity contribution in [3.8, 4) is 11.5 Å². The minimum Gasteiger partial charge on any atom is -0.497 e. The third-order valence-corrected chi connectivity index (χ3v) is 5.06. The number of benzene rings is 1. The SMILES string of the molecule is COC(=O)[C@@H](CCCCF)Nc1nc(NCc2ccc(OC)cc2OC)nc2cccnc12. The van der Waals surface area contributed by atoms with E-state index in [0.717, 1.165) is 5.56 Å². The molecule has 0 spiro atoms. The summed E-state index contributed by atoms with van der Waals surface area (Å²) in [6.07, 6.45) is 2.93. The number of halogens is 1. The molecule has 0 fully saturated rings. The Hall–Kier alpha value is -3.69. The number of methoxy groups -OCH3 is 3. The van der Waals surface area contributed by atoms with Gasteiger partial charge in [-0.15, -0.1) is 0 Å². The van der Waals surface area contributed by atoms with Crippen molar-refractivity contribution in [3.63, 3.8) is 0 Å². The van der Waals surface area contributed by atoms with Crippen LogP contribution in [0.15, 0.2) is 36.5 Å². The summed E-state index contributed by atoms with van der Waals surface area (Å²) in [7, 11) is 4.50. The van der Waals surface area contributed by atoms with Crippen molar-refractivity contribution in [3.05, 3.63) is 42.1 Å². The first kappa shape index (κ1) is 24.0. The summed E-state index contributed by atoms with van der Waals surface area (Å²) in [5.74, 6) is 1.65. The van der Waals surface area contributed by atoms with E-state index in [2.05, 4.69) is 25.6 Å². The van der Waals surface area contributed by atoms with E-state index in [4.69, 9.17) is 14.2 Å². The molecule has 1 aromatic carbocycles. The second-order valence-electron chi connectivity index (χ2n) is 7.20. The summed E-state index contributed by atoms with van der Waals surface area (Å²) < 4.78 is 28.1. The van der Waals surface area contributed by atoms with Crippen molar-refractivity contribution in [2.24, 2.45) is 0 Å². The lowest BCUT2D eigenvalue weighted by Crippen LogP contribution is -2.31. The van der Waals surface area contributed by atoms with Gasteiger partial charge in [-0.05, 0) is 43.5 Å². The van der Waals surface area contributed by atoms with Crippen LogP contribution in [0.2, 0.25) is 0 Å². The molecule has 9 nitrogen and oxygen atoms in total. The first-order valence-corrected chi connectivity index (χ1v) is 10.6. The maximum Gasteiger partial charge on any atom is 0.328 e. The minimum atomic E-state index is -0.684. The number of carbonyl (C=O) groups is 1. The smallest absolute Gasteiger partial charge is 0.328 e. The molecular weight excluding hydrogens is 429 g/mol. The van der Waals surface area contributed by atoms with Crippen molar-refractivity contribution in [1.82, 2.24) is 15.0 Å². The Morgan fingerprint density at radius 3 is 2.70 bits per heavy atom. The molecule has 0 saturated carbocycles. The quantitative estimate of drug-likeness (QED) is 0.311. The molecule has 0 saturated heterocycles. The zero-order valence-electron chi connectivity index (χ0n) is 18.9. The number of fused-ring (bicyclic) bond motifs is 1. The third-order valence-electron chi connectivity index (χ3n) is 5.06. The number of ether oxygens (including phenoxy) is 3. The van der Waals surface area contributed by atoms with E-state index >= 15 is 0 Å². The lowest BCUT2D eigenvalue weighted by molar-refractivity contribution is -0.141. The molecule has 0 unspecified atom stereocenters. The fraction of sp³-hybridized carbons (Fsp3) is 0.391. The topological polar surface area (TPSA) is 107 Å². The lowest BCUT2D eigenvalue weighted by Gasteiger charge is -2.18. The summed E-state index contributed by atoms with van der Waals surface area (Å²) in [5, 5.41) is 6.31. The van der Waals surface area contributed by atoms with Crippen molar-refractivity contribution >= 4 is 28.8 Å². The molecule has 0 radical (unpaired) electrons. The standard InChI is InChI=1S/C23H28FN5O4/c1-31-16-10-9-15(19(13-16)32-2)14-26-23-28-17-8-6-12-25-20(17)21(29-23)27-18(22(30)33-3)7-4-5-11-24/h6,8-10,12-13,18H,4-5,7,11,14H2,1-3H3,(H2,26,27,28,29)/t18-/m1/s1. The van der Waals surface area contributed by atoms with Gasteiger partial charge >= 0.3 is 5.97 Å². The highest BCUT2D eigenvalue weighted by Gasteiger charge is 2.21. The first-order valence-electron chi connectivity index (χ1n) is 10.6. The number of pyridine rings is 1. The fourth-order valence-corrected chi connectivity index (χ4v) is 3.32. The highest BCUT2D eigenvalue weighted by molar-refractivity contribution is 5.88. The van der Waals surface area contributed by atoms with Gasteiger partial charge in [0.15, 0.2) is 5.82 Å². The van der Waals surface area contributed by atoms with Gasteiger partial charge in [0.2, 0.25) is 5.95 Å². The van der Waals surface area contributed by atoms with Crippen molar-refractivity contribution in [1.29, 1.82) is 0 Å². The van der Waals surface area contributed by atoms with Crippen LogP contribution >= 0.6 is 0 Å². The van der Waals surface area contributed by atoms with Gasteiger partial charge in [-0.3, -0.25) is 9.37 Å². The van der Waals surface area contributed by atoms with Crippen LogP contribution < -0.4 is 20.1 Å². The molecule has 3 aromatic rings. The number of aromatic nitrogens is 3. The van der Waals surface area contributed by atoms with Crippen LogP contribution in [0.5, 0.6) is 11.5 Å². The summed E-state index contributed by atoms with van der Waals surface area (Å²) in [6, 6.07) is 8.43. The Morgan fingerprint density at radius 2 is 1.97 bits per heavy atom. The van der Waals surface area contributed by atoms with Gasteiger partial charge in [-0.2, -0.15) is 4.98 Å². The Balaban J connectivity index is 1.86. The highest BCUT2D eigenvalue weighted by atomic mass is 19.1. The summed E-state index contributed by atoms with van der Waals surface area (Å²) in [4.78, 5) is 25.7. The van der Waals surface area contributed by atoms with Crippen LogP contribution in [0.3, 0.4) is 0 Å². The van der Waals surface area contributed by atoms with Crippen LogP contribution in [-0.2, 0) is 16.1 Å². The van der Waals surface area contributed by atoms with Gasteiger partial charge in [0.05, 0.1) is 33.5 Å². The summed E-state index contributed by atoms with van der Waals surface area (Å²) in [6.45, 7) is -0.0376. The highest BCUT2D eigenvalue weighted by Crippen LogP contribution is 2.26. The molecule has 2 aromatic heterocycles. The van der Waals surface area contributed by atoms with Gasteiger partial charge in [-0.25, -0.2) is 9.78 Å². The average Bonchev–Trinajstić information content (AvgIpc) is 2.86.